The van der Waals surface area contributed by atoms with Crippen LogP contribution in [0.4, 0.5) is 0 Å². The molecule has 0 fully saturated rings. The molecule has 1 aromatic rings. The minimum atomic E-state index is 0.129. The topological polar surface area (TPSA) is 42.0 Å². The summed E-state index contributed by atoms with van der Waals surface area (Å²) in [4.78, 5) is 15.9. The maximum Gasteiger partial charge on any atom is 0.220 e. The fourth-order valence-electron chi connectivity index (χ4n) is 1.83. The minimum absolute atomic E-state index is 0.129. The van der Waals surface area contributed by atoms with E-state index in [1.54, 1.807) is 11.3 Å². The first-order valence-corrected chi connectivity index (χ1v) is 6.46. The van der Waals surface area contributed by atoms with Crippen molar-refractivity contribution in [3.63, 3.8) is 0 Å². The van der Waals surface area contributed by atoms with E-state index in [0.717, 1.165) is 23.5 Å². The summed E-state index contributed by atoms with van der Waals surface area (Å²) in [5.74, 6) is 0.572. The van der Waals surface area contributed by atoms with Crippen molar-refractivity contribution in [1.82, 2.24) is 10.3 Å². The third-order valence-electron chi connectivity index (χ3n) is 2.66. The van der Waals surface area contributed by atoms with Crippen molar-refractivity contribution >= 4 is 17.2 Å². The summed E-state index contributed by atoms with van der Waals surface area (Å²) in [6.07, 6.45) is 7.14. The van der Waals surface area contributed by atoms with Gasteiger partial charge in [-0.05, 0) is 25.7 Å². The SMILES string of the molecule is Cc1csc(CNC(=O)CC2C=CCC2)n1. The van der Waals surface area contributed by atoms with Crippen molar-refractivity contribution in [3.05, 3.63) is 28.2 Å². The smallest absolute Gasteiger partial charge is 0.220 e. The molecule has 1 amide bonds. The second kappa shape index (κ2) is 5.25. The summed E-state index contributed by atoms with van der Waals surface area (Å²) in [6.45, 7) is 2.53. The number of hydrogen-bond donors (Lipinski definition) is 1. The monoisotopic (exact) mass is 236 g/mol. The van der Waals surface area contributed by atoms with Crippen LogP contribution >= 0.6 is 11.3 Å². The highest BCUT2D eigenvalue weighted by molar-refractivity contribution is 7.09. The van der Waals surface area contributed by atoms with Crippen molar-refractivity contribution in [1.29, 1.82) is 0 Å². The molecule has 2 rings (SSSR count). The number of thiazole rings is 1. The summed E-state index contributed by atoms with van der Waals surface area (Å²) in [5.41, 5.74) is 1.02. The van der Waals surface area contributed by atoms with Gasteiger partial charge in [-0.1, -0.05) is 12.2 Å². The van der Waals surface area contributed by atoms with E-state index in [2.05, 4.69) is 22.5 Å². The first-order valence-electron chi connectivity index (χ1n) is 5.58. The standard InChI is InChI=1S/C12H16N2OS/c1-9-8-16-12(14-9)7-13-11(15)6-10-4-2-3-5-10/h2,4,8,10H,3,5-7H2,1H3,(H,13,15). The molecular formula is C12H16N2OS. The number of allylic oxidation sites excluding steroid dienone is 2. The number of amides is 1. The lowest BCUT2D eigenvalue weighted by atomic mass is 10.1. The van der Waals surface area contributed by atoms with Gasteiger partial charge in [0.15, 0.2) is 0 Å². The summed E-state index contributed by atoms with van der Waals surface area (Å²) in [5, 5.41) is 5.89. The second-order valence-electron chi connectivity index (χ2n) is 4.13. The van der Waals surface area contributed by atoms with Crippen molar-refractivity contribution in [2.24, 2.45) is 5.92 Å². The van der Waals surface area contributed by atoms with Crippen molar-refractivity contribution < 1.29 is 4.79 Å². The van der Waals surface area contributed by atoms with Gasteiger partial charge in [-0.15, -0.1) is 11.3 Å². The van der Waals surface area contributed by atoms with E-state index in [1.807, 2.05) is 12.3 Å². The van der Waals surface area contributed by atoms with E-state index in [4.69, 9.17) is 0 Å². The van der Waals surface area contributed by atoms with Crippen LogP contribution < -0.4 is 5.32 Å². The van der Waals surface area contributed by atoms with Crippen LogP contribution in [0, 0.1) is 12.8 Å². The quantitative estimate of drug-likeness (QED) is 0.816. The van der Waals surface area contributed by atoms with Gasteiger partial charge in [0.05, 0.1) is 6.54 Å². The van der Waals surface area contributed by atoms with Crippen LogP contribution in [0.25, 0.3) is 0 Å². The van der Waals surface area contributed by atoms with Crippen molar-refractivity contribution in [2.75, 3.05) is 0 Å². The summed E-state index contributed by atoms with van der Waals surface area (Å²) >= 11 is 1.59. The fraction of sp³-hybridized carbons (Fsp3) is 0.500. The lowest BCUT2D eigenvalue weighted by Gasteiger charge is -2.07. The molecule has 16 heavy (non-hydrogen) atoms. The number of carbonyl (C=O) groups excluding carboxylic acids is 1. The van der Waals surface area contributed by atoms with E-state index < -0.39 is 0 Å². The highest BCUT2D eigenvalue weighted by atomic mass is 32.1. The van der Waals surface area contributed by atoms with Gasteiger partial charge in [0.1, 0.15) is 5.01 Å². The van der Waals surface area contributed by atoms with Gasteiger partial charge < -0.3 is 5.32 Å². The number of rotatable bonds is 4. The maximum absolute atomic E-state index is 11.6. The Morgan fingerprint density at radius 2 is 2.56 bits per heavy atom. The molecule has 0 aromatic carbocycles. The summed E-state index contributed by atoms with van der Waals surface area (Å²) in [6, 6.07) is 0. The molecule has 1 aliphatic carbocycles. The molecule has 1 aromatic heterocycles. The zero-order valence-electron chi connectivity index (χ0n) is 9.40. The lowest BCUT2D eigenvalue weighted by Crippen LogP contribution is -2.24. The van der Waals surface area contributed by atoms with Crippen LogP contribution in [-0.2, 0) is 11.3 Å². The molecule has 1 heterocycles. The van der Waals surface area contributed by atoms with E-state index in [-0.39, 0.29) is 5.91 Å². The van der Waals surface area contributed by atoms with Gasteiger partial charge >= 0.3 is 0 Å². The first kappa shape index (κ1) is 11.3. The third-order valence-corrected chi connectivity index (χ3v) is 3.63. The second-order valence-corrected chi connectivity index (χ2v) is 5.07. The Labute approximate surface area is 99.6 Å². The van der Waals surface area contributed by atoms with Crippen LogP contribution in [0.5, 0.6) is 0 Å². The normalized spacial score (nSPS) is 18.9. The molecule has 0 saturated heterocycles. The number of nitrogens with zero attached hydrogens (tertiary/aromatic N) is 1. The Bertz CT molecular complexity index is 397. The Kier molecular flexibility index (Phi) is 3.72. The number of nitrogens with one attached hydrogen (secondary N) is 1. The zero-order chi connectivity index (χ0) is 11.4. The first-order chi connectivity index (χ1) is 7.74. The lowest BCUT2D eigenvalue weighted by molar-refractivity contribution is -0.121. The van der Waals surface area contributed by atoms with E-state index in [9.17, 15) is 4.79 Å². The average Bonchev–Trinajstić information content (AvgIpc) is 2.87. The van der Waals surface area contributed by atoms with Crippen molar-refractivity contribution in [2.45, 2.75) is 32.7 Å². The molecule has 86 valence electrons. The number of carbonyl (C=O) groups is 1. The van der Waals surface area contributed by atoms with Crippen molar-refractivity contribution in [3.8, 4) is 0 Å². The third kappa shape index (κ3) is 3.17. The van der Waals surface area contributed by atoms with E-state index in [1.165, 1.54) is 0 Å². The Morgan fingerprint density at radius 1 is 1.69 bits per heavy atom. The molecule has 4 heteroatoms. The molecule has 1 atom stereocenters. The van der Waals surface area contributed by atoms with Crippen LogP contribution in [-0.4, -0.2) is 10.9 Å². The van der Waals surface area contributed by atoms with Gasteiger partial charge in [0, 0.05) is 17.5 Å². The minimum Gasteiger partial charge on any atom is -0.350 e. The predicted molar refractivity (Wildman–Crippen MR) is 65.2 cm³/mol. The fourth-order valence-corrected chi connectivity index (χ4v) is 2.55. The molecule has 0 radical (unpaired) electrons. The molecule has 0 aliphatic heterocycles. The van der Waals surface area contributed by atoms with E-state index in [0.29, 0.717) is 18.9 Å². The molecule has 1 N–H and O–H groups in total. The van der Waals surface area contributed by atoms with Gasteiger partial charge in [-0.3, -0.25) is 4.79 Å². The number of aromatic nitrogens is 1. The Hall–Kier alpha value is -1.16. The summed E-state index contributed by atoms with van der Waals surface area (Å²) < 4.78 is 0. The van der Waals surface area contributed by atoms with Crippen LogP contribution in [0.2, 0.25) is 0 Å². The highest BCUT2D eigenvalue weighted by Crippen LogP contribution is 2.20. The van der Waals surface area contributed by atoms with Crippen LogP contribution in [0.15, 0.2) is 17.5 Å². The van der Waals surface area contributed by atoms with Crippen LogP contribution in [0.1, 0.15) is 30.0 Å². The molecular weight excluding hydrogens is 220 g/mol. The largest absolute Gasteiger partial charge is 0.350 e. The number of hydrogen-bond acceptors (Lipinski definition) is 3. The maximum atomic E-state index is 11.6. The molecule has 1 aliphatic rings. The molecule has 0 bridgehead atoms. The Balaban J connectivity index is 1.73. The van der Waals surface area contributed by atoms with Gasteiger partial charge in [0.25, 0.3) is 0 Å². The van der Waals surface area contributed by atoms with Gasteiger partial charge in [-0.25, -0.2) is 4.98 Å². The van der Waals surface area contributed by atoms with E-state index >= 15 is 0 Å². The van der Waals surface area contributed by atoms with Crippen LogP contribution in [0.3, 0.4) is 0 Å². The zero-order valence-corrected chi connectivity index (χ0v) is 10.2. The number of aryl methyl sites for hydroxylation is 1. The molecule has 1 unspecified atom stereocenters. The summed E-state index contributed by atoms with van der Waals surface area (Å²) in [7, 11) is 0. The van der Waals surface area contributed by atoms with Gasteiger partial charge in [-0.2, -0.15) is 0 Å². The average molecular weight is 236 g/mol. The highest BCUT2D eigenvalue weighted by Gasteiger charge is 2.13. The molecule has 0 spiro atoms. The Morgan fingerprint density at radius 3 is 3.19 bits per heavy atom. The molecule has 3 nitrogen and oxygen atoms in total. The predicted octanol–water partition coefficient (Wildman–Crippen LogP) is 2.42. The molecule has 0 saturated carbocycles. The van der Waals surface area contributed by atoms with Gasteiger partial charge in [0.2, 0.25) is 5.91 Å².